The fourth-order valence-electron chi connectivity index (χ4n) is 2.67. The Balaban J connectivity index is 1.82. The van der Waals surface area contributed by atoms with E-state index in [-0.39, 0.29) is 0 Å². The molecule has 2 aromatic rings. The third kappa shape index (κ3) is 2.76. The minimum Gasteiger partial charge on any atom is -0.384 e. The van der Waals surface area contributed by atoms with E-state index in [2.05, 4.69) is 34.6 Å². The van der Waals surface area contributed by atoms with Crippen molar-refractivity contribution >= 4 is 5.82 Å². The lowest BCUT2D eigenvalue weighted by Gasteiger charge is -2.23. The van der Waals surface area contributed by atoms with Gasteiger partial charge in [0.2, 0.25) is 0 Å². The van der Waals surface area contributed by atoms with Crippen LogP contribution in [0.3, 0.4) is 0 Å². The summed E-state index contributed by atoms with van der Waals surface area (Å²) in [5, 5.41) is 3.46. The average molecular weight is 253 g/mol. The van der Waals surface area contributed by atoms with E-state index < -0.39 is 0 Å². The van der Waals surface area contributed by atoms with Gasteiger partial charge in [0.15, 0.2) is 0 Å². The van der Waals surface area contributed by atoms with E-state index in [4.69, 9.17) is 5.73 Å². The highest BCUT2D eigenvalue weighted by molar-refractivity contribution is 5.61. The van der Waals surface area contributed by atoms with Gasteiger partial charge in [0, 0.05) is 12.1 Å². The summed E-state index contributed by atoms with van der Waals surface area (Å²) in [5.74, 6) is 1.22. The van der Waals surface area contributed by atoms with Gasteiger partial charge in [0.05, 0.1) is 5.69 Å². The number of hydrogen-bond donors (Lipinski definition) is 2. The molecule has 0 radical (unpaired) electrons. The number of anilines is 1. The Morgan fingerprint density at radius 1 is 1.11 bits per heavy atom. The van der Waals surface area contributed by atoms with Crippen LogP contribution in [0.2, 0.25) is 0 Å². The van der Waals surface area contributed by atoms with Crippen LogP contribution in [0.5, 0.6) is 0 Å². The normalized spacial score (nSPS) is 19.3. The number of aromatic nitrogens is 1. The number of pyridine rings is 1. The highest BCUT2D eigenvalue weighted by Gasteiger charge is 2.14. The van der Waals surface area contributed by atoms with Crippen LogP contribution in [0.4, 0.5) is 5.82 Å². The van der Waals surface area contributed by atoms with Crippen LogP contribution in [0.1, 0.15) is 24.3 Å². The first kappa shape index (κ1) is 12.2. The zero-order valence-corrected chi connectivity index (χ0v) is 11.0. The van der Waals surface area contributed by atoms with Gasteiger partial charge in [-0.3, -0.25) is 0 Å². The van der Waals surface area contributed by atoms with Crippen molar-refractivity contribution in [1.29, 1.82) is 0 Å². The second-order valence-electron chi connectivity index (χ2n) is 5.11. The number of nitrogens with two attached hydrogens (primary N) is 1. The Morgan fingerprint density at radius 3 is 2.63 bits per heavy atom. The summed E-state index contributed by atoms with van der Waals surface area (Å²) in [7, 11) is 0. The van der Waals surface area contributed by atoms with E-state index in [0.717, 1.165) is 24.3 Å². The summed E-state index contributed by atoms with van der Waals surface area (Å²) in [6.45, 7) is 2.25. The molecular weight excluding hydrogens is 234 g/mol. The molecule has 3 heteroatoms. The predicted octanol–water partition coefficient (Wildman–Crippen LogP) is 2.80. The van der Waals surface area contributed by atoms with Crippen LogP contribution in [0, 0.1) is 0 Å². The third-order valence-corrected chi connectivity index (χ3v) is 3.75. The molecule has 1 saturated heterocycles. The van der Waals surface area contributed by atoms with Crippen molar-refractivity contribution in [1.82, 2.24) is 10.3 Å². The summed E-state index contributed by atoms with van der Waals surface area (Å²) in [4.78, 5) is 4.35. The van der Waals surface area contributed by atoms with Crippen LogP contribution in [0.15, 0.2) is 42.5 Å². The van der Waals surface area contributed by atoms with E-state index in [1.165, 1.54) is 18.4 Å². The first-order valence-corrected chi connectivity index (χ1v) is 6.86. The molecule has 3 rings (SSSR count). The number of nitrogens with zero attached hydrogens (tertiary/aromatic N) is 1. The Morgan fingerprint density at radius 2 is 1.95 bits per heavy atom. The monoisotopic (exact) mass is 253 g/mol. The number of piperidine rings is 1. The van der Waals surface area contributed by atoms with Crippen molar-refractivity contribution in [3.8, 4) is 11.3 Å². The van der Waals surface area contributed by atoms with Crippen molar-refractivity contribution in [2.45, 2.75) is 18.8 Å². The summed E-state index contributed by atoms with van der Waals surface area (Å²) in [6, 6.07) is 14.5. The number of nitrogens with one attached hydrogen (secondary N) is 1. The molecule has 0 spiro atoms. The first-order chi connectivity index (χ1) is 9.33. The van der Waals surface area contributed by atoms with Crippen LogP contribution in [-0.4, -0.2) is 18.1 Å². The van der Waals surface area contributed by atoms with Crippen molar-refractivity contribution in [3.05, 3.63) is 48.0 Å². The van der Waals surface area contributed by atoms with E-state index in [1.807, 2.05) is 18.2 Å². The zero-order chi connectivity index (χ0) is 13.1. The number of rotatable bonds is 2. The molecule has 2 heterocycles. The Labute approximate surface area is 113 Å². The summed E-state index contributed by atoms with van der Waals surface area (Å²) < 4.78 is 0. The van der Waals surface area contributed by atoms with Gasteiger partial charge in [-0.05, 0) is 43.0 Å². The van der Waals surface area contributed by atoms with Gasteiger partial charge in [-0.15, -0.1) is 0 Å². The Kier molecular flexibility index (Phi) is 3.47. The second kappa shape index (κ2) is 5.41. The maximum atomic E-state index is 5.72. The number of hydrogen-bond acceptors (Lipinski definition) is 3. The van der Waals surface area contributed by atoms with Gasteiger partial charge >= 0.3 is 0 Å². The van der Waals surface area contributed by atoms with E-state index >= 15 is 0 Å². The molecule has 3 N–H and O–H groups in total. The lowest BCUT2D eigenvalue weighted by Crippen LogP contribution is -2.28. The molecule has 19 heavy (non-hydrogen) atoms. The standard InChI is InChI=1S/C16H19N3/c17-16-5-1-4-15(19-16)13-8-6-12(7-9-13)14-3-2-10-18-11-14/h1,4-9,14,18H,2-3,10-11H2,(H2,17,19). The first-order valence-electron chi connectivity index (χ1n) is 6.86. The van der Waals surface area contributed by atoms with E-state index in [9.17, 15) is 0 Å². The highest BCUT2D eigenvalue weighted by Crippen LogP contribution is 2.26. The van der Waals surface area contributed by atoms with Gasteiger partial charge in [-0.2, -0.15) is 0 Å². The van der Waals surface area contributed by atoms with Crippen molar-refractivity contribution in [2.24, 2.45) is 0 Å². The molecule has 0 aliphatic carbocycles. The largest absolute Gasteiger partial charge is 0.384 e. The molecule has 0 saturated carbocycles. The molecule has 1 atom stereocenters. The zero-order valence-electron chi connectivity index (χ0n) is 11.0. The van der Waals surface area contributed by atoms with Crippen LogP contribution in [-0.2, 0) is 0 Å². The Bertz CT molecular complexity index is 542. The molecule has 1 fully saturated rings. The number of benzene rings is 1. The van der Waals surface area contributed by atoms with Gasteiger partial charge in [-0.1, -0.05) is 30.3 Å². The predicted molar refractivity (Wildman–Crippen MR) is 78.9 cm³/mol. The van der Waals surface area contributed by atoms with Crippen molar-refractivity contribution in [2.75, 3.05) is 18.8 Å². The van der Waals surface area contributed by atoms with Crippen LogP contribution < -0.4 is 11.1 Å². The fraction of sp³-hybridized carbons (Fsp3) is 0.312. The van der Waals surface area contributed by atoms with E-state index in [1.54, 1.807) is 0 Å². The third-order valence-electron chi connectivity index (χ3n) is 3.75. The molecular formula is C16H19N3. The smallest absolute Gasteiger partial charge is 0.124 e. The van der Waals surface area contributed by atoms with Crippen LogP contribution >= 0.6 is 0 Å². The summed E-state index contributed by atoms with van der Waals surface area (Å²) in [6.07, 6.45) is 2.55. The Hall–Kier alpha value is -1.87. The van der Waals surface area contributed by atoms with Crippen molar-refractivity contribution < 1.29 is 0 Å². The number of nitrogen functional groups attached to an aromatic ring is 1. The van der Waals surface area contributed by atoms with Crippen LogP contribution in [0.25, 0.3) is 11.3 Å². The summed E-state index contributed by atoms with van der Waals surface area (Å²) in [5.41, 5.74) is 9.20. The second-order valence-corrected chi connectivity index (χ2v) is 5.11. The molecule has 1 aromatic heterocycles. The molecule has 3 nitrogen and oxygen atoms in total. The molecule has 1 unspecified atom stereocenters. The van der Waals surface area contributed by atoms with Gasteiger partial charge in [0.1, 0.15) is 5.82 Å². The maximum absolute atomic E-state index is 5.72. The lowest BCUT2D eigenvalue weighted by atomic mass is 9.91. The lowest BCUT2D eigenvalue weighted by molar-refractivity contribution is 0.461. The molecule has 1 aromatic carbocycles. The van der Waals surface area contributed by atoms with Gasteiger partial charge in [-0.25, -0.2) is 4.98 Å². The van der Waals surface area contributed by atoms with E-state index in [0.29, 0.717) is 11.7 Å². The minimum absolute atomic E-state index is 0.568. The van der Waals surface area contributed by atoms with Crippen molar-refractivity contribution in [3.63, 3.8) is 0 Å². The SMILES string of the molecule is Nc1cccc(-c2ccc(C3CCCNC3)cc2)n1. The minimum atomic E-state index is 0.568. The quantitative estimate of drug-likeness (QED) is 0.865. The molecule has 0 bridgehead atoms. The topological polar surface area (TPSA) is 50.9 Å². The summed E-state index contributed by atoms with van der Waals surface area (Å²) >= 11 is 0. The average Bonchev–Trinajstić information content (AvgIpc) is 2.48. The maximum Gasteiger partial charge on any atom is 0.124 e. The fourth-order valence-corrected chi connectivity index (χ4v) is 2.67. The molecule has 1 aliphatic rings. The molecule has 0 amide bonds. The molecule has 98 valence electrons. The van der Waals surface area contributed by atoms with Gasteiger partial charge < -0.3 is 11.1 Å². The molecule has 1 aliphatic heterocycles. The highest BCUT2D eigenvalue weighted by atomic mass is 14.9. The van der Waals surface area contributed by atoms with Gasteiger partial charge in [0.25, 0.3) is 0 Å².